The monoisotopic (exact) mass is 281 g/mol. The maximum atomic E-state index is 12.4. The summed E-state index contributed by atoms with van der Waals surface area (Å²) < 4.78 is 0. The lowest BCUT2D eigenvalue weighted by Gasteiger charge is -2.40. The van der Waals surface area contributed by atoms with Gasteiger partial charge < -0.3 is 10.2 Å². The summed E-state index contributed by atoms with van der Waals surface area (Å²) in [5.74, 6) is -0.110. The molecule has 2 rings (SSSR count). The quantitative estimate of drug-likeness (QED) is 0.916. The van der Waals surface area contributed by atoms with Gasteiger partial charge in [-0.2, -0.15) is 0 Å². The van der Waals surface area contributed by atoms with Gasteiger partial charge in [-0.3, -0.25) is 9.59 Å². The second-order valence-electron chi connectivity index (χ2n) is 4.88. The van der Waals surface area contributed by atoms with Crippen LogP contribution in [-0.4, -0.2) is 33.8 Å². The van der Waals surface area contributed by atoms with Crippen LogP contribution in [0.15, 0.2) is 6.20 Å². The molecule has 1 aromatic rings. The van der Waals surface area contributed by atoms with E-state index < -0.39 is 12.1 Å². The largest absolute Gasteiger partial charge is 0.343 e. The Morgan fingerprint density at radius 1 is 1.53 bits per heavy atom. The van der Waals surface area contributed by atoms with Crippen LogP contribution in [0.3, 0.4) is 0 Å². The van der Waals surface area contributed by atoms with Crippen molar-refractivity contribution in [1.29, 1.82) is 0 Å². The van der Waals surface area contributed by atoms with E-state index in [1.807, 2.05) is 20.8 Å². The topological polar surface area (TPSA) is 62.3 Å². The Morgan fingerprint density at radius 2 is 2.21 bits per heavy atom. The number of nitrogens with one attached hydrogen (secondary N) is 1. The predicted molar refractivity (Wildman–Crippen MR) is 73.8 cm³/mol. The third-order valence-electron chi connectivity index (χ3n) is 3.49. The molecule has 0 radical (unpaired) electrons. The molecule has 1 aliphatic rings. The number of aromatic nitrogens is 1. The zero-order valence-electron chi connectivity index (χ0n) is 11.6. The molecule has 19 heavy (non-hydrogen) atoms. The normalized spacial score (nSPS) is 25.4. The molecule has 1 aliphatic heterocycles. The Labute approximate surface area is 117 Å². The number of aryl methyl sites for hydroxylation is 1. The summed E-state index contributed by atoms with van der Waals surface area (Å²) in [4.78, 5) is 31.5. The molecule has 1 N–H and O–H groups in total. The molecule has 3 atom stereocenters. The Kier molecular flexibility index (Phi) is 3.89. The summed E-state index contributed by atoms with van der Waals surface area (Å²) in [6, 6.07) is -1.02. The minimum absolute atomic E-state index is 0.0186. The molecule has 1 fully saturated rings. The second-order valence-corrected chi connectivity index (χ2v) is 6.14. The van der Waals surface area contributed by atoms with Crippen molar-refractivity contribution in [1.82, 2.24) is 15.2 Å². The molecule has 1 saturated heterocycles. The van der Waals surface area contributed by atoms with Crippen molar-refractivity contribution in [3.63, 3.8) is 0 Å². The van der Waals surface area contributed by atoms with Gasteiger partial charge in [-0.25, -0.2) is 4.98 Å². The highest BCUT2D eigenvalue weighted by atomic mass is 32.1. The summed E-state index contributed by atoms with van der Waals surface area (Å²) in [7, 11) is 0. The predicted octanol–water partition coefficient (Wildman–Crippen LogP) is 1.64. The van der Waals surface area contributed by atoms with E-state index in [0.29, 0.717) is 6.42 Å². The molecule has 5 nitrogen and oxygen atoms in total. The van der Waals surface area contributed by atoms with Crippen LogP contribution in [0.25, 0.3) is 0 Å². The van der Waals surface area contributed by atoms with E-state index in [-0.39, 0.29) is 17.9 Å². The smallest absolute Gasteiger partial charge is 0.246 e. The minimum atomic E-state index is -0.450. The molecule has 2 heterocycles. The first-order valence-corrected chi connectivity index (χ1v) is 7.32. The van der Waals surface area contributed by atoms with E-state index in [4.69, 9.17) is 0 Å². The maximum absolute atomic E-state index is 12.4. The minimum Gasteiger partial charge on any atom is -0.343 e. The average Bonchev–Trinajstić information content (AvgIpc) is 2.80. The summed E-state index contributed by atoms with van der Waals surface area (Å²) in [6.45, 7) is 7.57. The fourth-order valence-electron chi connectivity index (χ4n) is 2.34. The van der Waals surface area contributed by atoms with Crippen molar-refractivity contribution in [3.05, 3.63) is 16.1 Å². The van der Waals surface area contributed by atoms with Gasteiger partial charge >= 0.3 is 0 Å². The lowest BCUT2D eigenvalue weighted by Crippen LogP contribution is -2.62. The van der Waals surface area contributed by atoms with E-state index in [2.05, 4.69) is 10.3 Å². The lowest BCUT2D eigenvalue weighted by molar-refractivity contribution is -0.151. The third kappa shape index (κ3) is 2.49. The van der Waals surface area contributed by atoms with Crippen LogP contribution in [0.2, 0.25) is 0 Å². The maximum Gasteiger partial charge on any atom is 0.246 e. The van der Waals surface area contributed by atoms with Crippen molar-refractivity contribution < 1.29 is 9.59 Å². The van der Waals surface area contributed by atoms with Gasteiger partial charge in [0.15, 0.2) is 0 Å². The molecule has 0 spiro atoms. The van der Waals surface area contributed by atoms with Gasteiger partial charge in [-0.15, -0.1) is 11.3 Å². The number of carbonyl (C=O) groups is 2. The van der Waals surface area contributed by atoms with E-state index in [1.54, 1.807) is 29.4 Å². The first-order valence-electron chi connectivity index (χ1n) is 6.50. The highest BCUT2D eigenvalue weighted by molar-refractivity contribution is 7.11. The zero-order chi connectivity index (χ0) is 14.2. The third-order valence-corrected chi connectivity index (χ3v) is 4.57. The van der Waals surface area contributed by atoms with Crippen molar-refractivity contribution >= 4 is 23.2 Å². The molecule has 0 bridgehead atoms. The number of amides is 2. The van der Waals surface area contributed by atoms with Crippen LogP contribution in [0.5, 0.6) is 0 Å². The zero-order valence-corrected chi connectivity index (χ0v) is 12.5. The number of rotatable bonds is 3. The molecule has 0 aromatic carbocycles. The molecule has 3 unspecified atom stereocenters. The molecule has 2 amide bonds. The van der Waals surface area contributed by atoms with Gasteiger partial charge in [-0.05, 0) is 27.2 Å². The van der Waals surface area contributed by atoms with Gasteiger partial charge in [0.2, 0.25) is 11.8 Å². The first kappa shape index (κ1) is 14.0. The molecule has 1 aromatic heterocycles. The second kappa shape index (κ2) is 5.28. The number of piperazine rings is 1. The Morgan fingerprint density at radius 3 is 2.74 bits per heavy atom. The lowest BCUT2D eigenvalue weighted by atomic mass is 10.0. The molecular weight excluding hydrogens is 262 g/mol. The molecule has 0 aliphatic carbocycles. The summed E-state index contributed by atoms with van der Waals surface area (Å²) in [6.07, 6.45) is 2.41. The van der Waals surface area contributed by atoms with Crippen LogP contribution in [0.4, 0.5) is 0 Å². The van der Waals surface area contributed by atoms with E-state index in [0.717, 1.165) is 9.88 Å². The molecule has 6 heteroatoms. The standard InChI is InChI=1S/C13H19N3O2S/c1-5-10-13(18)16(8(3)11(17)15-10)9(4)12-14-6-7(2)19-12/h6,8-10H,5H2,1-4H3,(H,15,17). The van der Waals surface area contributed by atoms with Gasteiger partial charge in [0, 0.05) is 11.1 Å². The van der Waals surface area contributed by atoms with Crippen LogP contribution in [0, 0.1) is 6.92 Å². The Balaban J connectivity index is 2.29. The van der Waals surface area contributed by atoms with Gasteiger partial charge in [0.25, 0.3) is 0 Å². The van der Waals surface area contributed by atoms with Crippen molar-refractivity contribution in [2.75, 3.05) is 0 Å². The molecule has 0 saturated carbocycles. The number of nitrogens with zero attached hydrogens (tertiary/aromatic N) is 2. The van der Waals surface area contributed by atoms with Crippen LogP contribution >= 0.6 is 11.3 Å². The fourth-order valence-corrected chi connectivity index (χ4v) is 3.16. The van der Waals surface area contributed by atoms with E-state index >= 15 is 0 Å². The summed E-state index contributed by atoms with van der Waals surface area (Å²) >= 11 is 1.57. The van der Waals surface area contributed by atoms with Crippen molar-refractivity contribution in [2.24, 2.45) is 0 Å². The van der Waals surface area contributed by atoms with Gasteiger partial charge in [0.05, 0.1) is 6.04 Å². The Hall–Kier alpha value is -1.43. The highest BCUT2D eigenvalue weighted by Gasteiger charge is 2.40. The van der Waals surface area contributed by atoms with E-state index in [9.17, 15) is 9.59 Å². The summed E-state index contributed by atoms with van der Waals surface area (Å²) in [5.41, 5.74) is 0. The number of hydrogen-bond donors (Lipinski definition) is 1. The van der Waals surface area contributed by atoms with Crippen LogP contribution in [-0.2, 0) is 9.59 Å². The van der Waals surface area contributed by atoms with Crippen LogP contribution < -0.4 is 5.32 Å². The number of thiazole rings is 1. The SMILES string of the molecule is CCC1NC(=O)C(C)N(C(C)c2ncc(C)s2)C1=O. The number of hydrogen-bond acceptors (Lipinski definition) is 4. The Bertz CT molecular complexity index is 500. The molecular formula is C13H19N3O2S. The van der Waals surface area contributed by atoms with Gasteiger partial charge in [0.1, 0.15) is 17.1 Å². The number of carbonyl (C=O) groups excluding carboxylic acids is 2. The highest BCUT2D eigenvalue weighted by Crippen LogP contribution is 2.28. The van der Waals surface area contributed by atoms with E-state index in [1.165, 1.54) is 0 Å². The fraction of sp³-hybridized carbons (Fsp3) is 0.615. The summed E-state index contributed by atoms with van der Waals surface area (Å²) in [5, 5.41) is 3.64. The van der Waals surface area contributed by atoms with Gasteiger partial charge in [-0.1, -0.05) is 6.92 Å². The first-order chi connectivity index (χ1) is 8.95. The van der Waals surface area contributed by atoms with Crippen molar-refractivity contribution in [2.45, 2.75) is 52.2 Å². The van der Waals surface area contributed by atoms with Crippen molar-refractivity contribution in [3.8, 4) is 0 Å². The molecule has 104 valence electrons. The van der Waals surface area contributed by atoms with Crippen LogP contribution in [0.1, 0.15) is 43.1 Å². The average molecular weight is 281 g/mol.